The first kappa shape index (κ1) is 31.3. The first-order valence-corrected chi connectivity index (χ1v) is 19.3. The van der Waals surface area contributed by atoms with Gasteiger partial charge < -0.3 is 8.85 Å². The normalized spacial score (nSPS) is 17.9. The van der Waals surface area contributed by atoms with Gasteiger partial charge in [-0.25, -0.2) is 0 Å². The van der Waals surface area contributed by atoms with Crippen molar-refractivity contribution in [2.75, 3.05) is 13.2 Å². The van der Waals surface area contributed by atoms with Crippen LogP contribution in [0.25, 0.3) is 0 Å². The molecule has 3 nitrogen and oxygen atoms in total. The van der Waals surface area contributed by atoms with Crippen molar-refractivity contribution in [3.8, 4) is 0 Å². The highest BCUT2D eigenvalue weighted by Crippen LogP contribution is 2.41. The van der Waals surface area contributed by atoms with Gasteiger partial charge in [-0.1, -0.05) is 163 Å². The topological polar surface area (TPSA) is 35.5 Å². The number of hydrogen-bond donors (Lipinski definition) is 0. The number of carbonyl (C=O) groups excluding carboxylic acids is 1. The fourth-order valence-corrected chi connectivity index (χ4v) is 16.2. The molecule has 0 bridgehead atoms. The summed E-state index contributed by atoms with van der Waals surface area (Å²) in [4.78, 5) is 13.2. The first-order valence-electron chi connectivity index (χ1n) is 15.5. The lowest BCUT2D eigenvalue weighted by molar-refractivity contribution is -0.137. The van der Waals surface area contributed by atoms with Crippen LogP contribution in [0.4, 0.5) is 0 Å². The Morgan fingerprint density at radius 2 is 0.837 bits per heavy atom. The van der Waals surface area contributed by atoms with Gasteiger partial charge in [-0.3, -0.25) is 4.79 Å². The smallest absolute Gasteiger partial charge is 0.261 e. The summed E-state index contributed by atoms with van der Waals surface area (Å²) in [5, 5.41) is 4.76. The molecule has 0 N–H and O–H groups in total. The average molecular weight is 607 g/mol. The lowest BCUT2D eigenvalue weighted by Gasteiger charge is -2.47. The lowest BCUT2D eigenvalue weighted by atomic mass is 9.73. The quantitative estimate of drug-likeness (QED) is 0.198. The number of hydrogen-bond acceptors (Lipinski definition) is 3. The van der Waals surface area contributed by atoms with Gasteiger partial charge in [-0.2, -0.15) is 0 Å². The van der Waals surface area contributed by atoms with E-state index in [0.717, 1.165) is 0 Å². The summed E-state index contributed by atoms with van der Waals surface area (Å²) in [6.45, 7) is 14.7. The van der Waals surface area contributed by atoms with E-state index in [4.69, 9.17) is 8.85 Å². The van der Waals surface area contributed by atoms with Gasteiger partial charge in [0.15, 0.2) is 0 Å². The molecule has 1 saturated carbocycles. The van der Waals surface area contributed by atoms with Crippen LogP contribution in [0.15, 0.2) is 121 Å². The summed E-state index contributed by atoms with van der Waals surface area (Å²) in [7, 11) is -5.42. The van der Waals surface area contributed by atoms with E-state index in [0.29, 0.717) is 19.6 Å². The Balaban J connectivity index is 1.45. The van der Waals surface area contributed by atoms with Gasteiger partial charge in [0.2, 0.25) is 0 Å². The number of ketones is 1. The van der Waals surface area contributed by atoms with Crippen LogP contribution >= 0.6 is 0 Å². The fourth-order valence-electron chi connectivity index (χ4n) is 7.03. The summed E-state index contributed by atoms with van der Waals surface area (Å²) in [6, 6.07) is 42.8. The molecule has 5 rings (SSSR count). The van der Waals surface area contributed by atoms with Crippen LogP contribution in [0.3, 0.4) is 0 Å². The van der Waals surface area contributed by atoms with E-state index in [2.05, 4.69) is 163 Å². The molecule has 5 heteroatoms. The van der Waals surface area contributed by atoms with E-state index >= 15 is 0 Å². The molecule has 0 saturated heterocycles. The zero-order valence-corrected chi connectivity index (χ0v) is 28.5. The van der Waals surface area contributed by atoms with Crippen molar-refractivity contribution >= 4 is 43.2 Å². The summed E-state index contributed by atoms with van der Waals surface area (Å²) >= 11 is 0. The molecule has 0 radical (unpaired) electrons. The second-order valence-electron chi connectivity index (χ2n) is 14.0. The van der Waals surface area contributed by atoms with Crippen LogP contribution in [0.5, 0.6) is 0 Å². The predicted octanol–water partition coefficient (Wildman–Crippen LogP) is 6.34. The zero-order chi connectivity index (χ0) is 30.7. The Hall–Kier alpha value is -3.10. The number of rotatable bonds is 10. The fraction of sp³-hybridized carbons (Fsp3) is 0.342. The van der Waals surface area contributed by atoms with Gasteiger partial charge in [0.25, 0.3) is 16.6 Å². The van der Waals surface area contributed by atoms with Crippen molar-refractivity contribution in [1.29, 1.82) is 0 Å². The third-order valence-corrected chi connectivity index (χ3v) is 19.3. The second kappa shape index (κ2) is 12.5. The van der Waals surface area contributed by atoms with E-state index < -0.39 is 16.6 Å². The van der Waals surface area contributed by atoms with E-state index in [-0.39, 0.29) is 27.7 Å². The Morgan fingerprint density at radius 1 is 0.535 bits per heavy atom. The predicted molar refractivity (Wildman–Crippen MR) is 184 cm³/mol. The SMILES string of the molecule is CC(C)(C)[Si](OC[C@H]1CC(=O)[C@@H]1CO[Si](c1ccccc1)(c1ccccc1)C(C)(C)C)(c1ccccc1)c1ccccc1. The van der Waals surface area contributed by atoms with E-state index in [1.807, 2.05) is 0 Å². The highest BCUT2D eigenvalue weighted by Gasteiger charge is 2.54. The molecule has 2 atom stereocenters. The molecule has 4 aromatic carbocycles. The summed E-state index contributed by atoms with van der Waals surface area (Å²) in [5.74, 6) is 0.251. The van der Waals surface area contributed by atoms with Gasteiger partial charge >= 0.3 is 0 Å². The molecular weight excluding hydrogens is 561 g/mol. The Bertz CT molecular complexity index is 1400. The molecule has 0 amide bonds. The molecule has 43 heavy (non-hydrogen) atoms. The van der Waals surface area contributed by atoms with Crippen LogP contribution in [0.2, 0.25) is 10.1 Å². The molecule has 0 aromatic heterocycles. The van der Waals surface area contributed by atoms with E-state index in [1.54, 1.807) is 0 Å². The molecule has 0 unspecified atom stereocenters. The van der Waals surface area contributed by atoms with Crippen molar-refractivity contribution in [2.45, 2.75) is 58.0 Å². The maximum absolute atomic E-state index is 13.2. The lowest BCUT2D eigenvalue weighted by Crippen LogP contribution is -2.68. The van der Waals surface area contributed by atoms with E-state index in [1.165, 1.54) is 20.7 Å². The van der Waals surface area contributed by atoms with Crippen molar-refractivity contribution in [3.63, 3.8) is 0 Å². The average Bonchev–Trinajstić information content (AvgIpc) is 2.99. The largest absolute Gasteiger partial charge is 0.407 e. The third-order valence-electron chi connectivity index (χ3n) is 9.27. The number of Topliss-reactive ketones (excluding diaryl/α,β-unsaturated/α-hetero) is 1. The van der Waals surface area contributed by atoms with E-state index in [9.17, 15) is 4.79 Å². The van der Waals surface area contributed by atoms with Crippen molar-refractivity contribution < 1.29 is 13.6 Å². The molecule has 1 aliphatic carbocycles. The maximum atomic E-state index is 13.2. The summed E-state index contributed by atoms with van der Waals surface area (Å²) in [6.07, 6.45) is 0.549. The zero-order valence-electron chi connectivity index (χ0n) is 26.5. The highest BCUT2D eigenvalue weighted by atomic mass is 28.4. The van der Waals surface area contributed by atoms with Crippen LogP contribution in [0, 0.1) is 11.8 Å². The summed E-state index contributed by atoms with van der Waals surface area (Å²) < 4.78 is 14.5. The van der Waals surface area contributed by atoms with Crippen molar-refractivity contribution in [3.05, 3.63) is 121 Å². The van der Waals surface area contributed by atoms with Gasteiger partial charge in [-0.15, -0.1) is 0 Å². The molecule has 0 aliphatic heterocycles. The van der Waals surface area contributed by atoms with Gasteiger partial charge in [0, 0.05) is 25.6 Å². The van der Waals surface area contributed by atoms with Gasteiger partial charge in [-0.05, 0) is 36.7 Å². The second-order valence-corrected chi connectivity index (χ2v) is 22.6. The molecule has 0 heterocycles. The Morgan fingerprint density at radius 3 is 1.12 bits per heavy atom. The van der Waals surface area contributed by atoms with Crippen LogP contribution in [0.1, 0.15) is 48.0 Å². The third kappa shape index (κ3) is 5.88. The maximum Gasteiger partial charge on any atom is 0.261 e. The van der Waals surface area contributed by atoms with Crippen molar-refractivity contribution in [1.82, 2.24) is 0 Å². The monoisotopic (exact) mass is 606 g/mol. The number of benzene rings is 4. The molecule has 224 valence electrons. The van der Waals surface area contributed by atoms with Crippen molar-refractivity contribution in [2.24, 2.45) is 11.8 Å². The Labute approximate surface area is 260 Å². The molecular formula is C38H46O3Si2. The first-order chi connectivity index (χ1) is 20.5. The Kier molecular flexibility index (Phi) is 9.10. The van der Waals surface area contributed by atoms with Gasteiger partial charge in [0.1, 0.15) is 5.78 Å². The molecule has 0 spiro atoms. The van der Waals surface area contributed by atoms with Crippen LogP contribution < -0.4 is 20.7 Å². The number of carbonyl (C=O) groups is 1. The van der Waals surface area contributed by atoms with Crippen LogP contribution in [-0.4, -0.2) is 35.6 Å². The summed E-state index contributed by atoms with van der Waals surface area (Å²) in [5.41, 5.74) is 0. The van der Waals surface area contributed by atoms with Gasteiger partial charge in [0.05, 0.1) is 0 Å². The molecule has 1 fully saturated rings. The standard InChI is InChI=1S/C38H46O3Si2/c1-37(2,3)42(31-19-11-7-12-20-31,32-21-13-8-14-22-32)40-28-30-27-36(39)35(30)29-41-43(38(4,5)6,33-23-15-9-16-24-33)34-25-17-10-18-26-34/h7-26,30,35H,27-29H2,1-6H3/t30-,35-/m1/s1. The highest BCUT2D eigenvalue weighted by molar-refractivity contribution is 7.00. The van der Waals surface area contributed by atoms with Crippen LogP contribution in [-0.2, 0) is 13.6 Å². The minimum Gasteiger partial charge on any atom is -0.407 e. The molecule has 1 aliphatic rings. The minimum absolute atomic E-state index is 0.107. The minimum atomic E-state index is -2.73. The molecule has 4 aromatic rings.